The van der Waals surface area contributed by atoms with Gasteiger partial charge in [0, 0.05) is 10.7 Å². The molecular formula is C30H26ClFN4O5S. The van der Waals surface area contributed by atoms with E-state index in [0.717, 1.165) is 11.6 Å². The van der Waals surface area contributed by atoms with Crippen LogP contribution in [0.25, 0.3) is 0 Å². The van der Waals surface area contributed by atoms with Gasteiger partial charge in [-0.05, 0) is 79.2 Å². The molecule has 0 heterocycles. The Morgan fingerprint density at radius 2 is 1.67 bits per heavy atom. The van der Waals surface area contributed by atoms with Gasteiger partial charge in [-0.15, -0.1) is 0 Å². The van der Waals surface area contributed by atoms with Crippen molar-refractivity contribution >= 4 is 51.0 Å². The monoisotopic (exact) mass is 608 g/mol. The largest absolute Gasteiger partial charge is 0.484 e. The topological polar surface area (TPSA) is 117 Å². The van der Waals surface area contributed by atoms with Gasteiger partial charge in [-0.2, -0.15) is 5.10 Å². The molecule has 216 valence electrons. The number of para-hydroxylation sites is 1. The Hall–Kier alpha value is -4.74. The van der Waals surface area contributed by atoms with E-state index in [2.05, 4.69) is 15.8 Å². The minimum absolute atomic E-state index is 0.0862. The number of rotatable bonds is 11. The van der Waals surface area contributed by atoms with Gasteiger partial charge < -0.3 is 10.1 Å². The molecule has 42 heavy (non-hydrogen) atoms. The third kappa shape index (κ3) is 8.15. The van der Waals surface area contributed by atoms with Gasteiger partial charge in [0.15, 0.2) is 6.61 Å². The number of carbonyl (C=O) groups is 2. The first-order valence-corrected chi connectivity index (χ1v) is 14.4. The first kappa shape index (κ1) is 30.2. The van der Waals surface area contributed by atoms with Crippen LogP contribution in [0.4, 0.5) is 15.8 Å². The molecule has 0 bridgehead atoms. The zero-order chi connectivity index (χ0) is 30.1. The van der Waals surface area contributed by atoms with Crippen molar-refractivity contribution in [2.45, 2.75) is 11.8 Å². The number of benzene rings is 4. The number of hydrogen-bond acceptors (Lipinski definition) is 6. The maximum absolute atomic E-state index is 14.6. The summed E-state index contributed by atoms with van der Waals surface area (Å²) >= 11 is 5.91. The second kappa shape index (κ2) is 13.7. The highest BCUT2D eigenvalue weighted by atomic mass is 35.5. The number of amides is 2. The highest BCUT2D eigenvalue weighted by Gasteiger charge is 2.29. The lowest BCUT2D eigenvalue weighted by Crippen LogP contribution is -2.40. The number of halogens is 2. The molecule has 0 spiro atoms. The van der Waals surface area contributed by atoms with Gasteiger partial charge >= 0.3 is 0 Å². The predicted octanol–water partition coefficient (Wildman–Crippen LogP) is 5.15. The van der Waals surface area contributed by atoms with E-state index in [1.807, 2.05) is 0 Å². The summed E-state index contributed by atoms with van der Waals surface area (Å²) in [7, 11) is -4.27. The molecule has 0 radical (unpaired) electrons. The summed E-state index contributed by atoms with van der Waals surface area (Å²) in [4.78, 5) is 24.7. The third-order valence-electron chi connectivity index (χ3n) is 5.78. The third-order valence-corrected chi connectivity index (χ3v) is 7.79. The van der Waals surface area contributed by atoms with Crippen molar-refractivity contribution in [3.05, 3.63) is 119 Å². The Labute approximate surface area is 247 Å². The molecule has 0 unspecified atom stereocenters. The van der Waals surface area contributed by atoms with Gasteiger partial charge in [-0.1, -0.05) is 47.5 Å². The van der Waals surface area contributed by atoms with E-state index in [1.165, 1.54) is 36.5 Å². The Balaban J connectivity index is 1.35. The maximum Gasteiger partial charge on any atom is 0.264 e. The number of nitrogens with one attached hydrogen (secondary N) is 2. The summed E-state index contributed by atoms with van der Waals surface area (Å²) in [5.41, 5.74) is 3.99. The van der Waals surface area contributed by atoms with Crippen LogP contribution in [0.5, 0.6) is 5.75 Å². The molecule has 0 aliphatic heterocycles. The summed E-state index contributed by atoms with van der Waals surface area (Å²) in [6, 6.07) is 24.6. The van der Waals surface area contributed by atoms with Crippen molar-refractivity contribution in [1.29, 1.82) is 0 Å². The molecule has 0 aliphatic rings. The molecule has 4 rings (SSSR count). The van der Waals surface area contributed by atoms with E-state index in [9.17, 15) is 22.4 Å². The number of anilines is 2. The van der Waals surface area contributed by atoms with Gasteiger partial charge in [0.05, 0.1) is 16.8 Å². The highest BCUT2D eigenvalue weighted by Crippen LogP contribution is 2.26. The number of nitrogens with zero attached hydrogens (tertiary/aromatic N) is 2. The normalized spacial score (nSPS) is 11.2. The second-order valence-corrected chi connectivity index (χ2v) is 11.3. The van der Waals surface area contributed by atoms with Gasteiger partial charge in [-0.3, -0.25) is 13.9 Å². The zero-order valence-corrected chi connectivity index (χ0v) is 23.9. The second-order valence-electron chi connectivity index (χ2n) is 8.99. The van der Waals surface area contributed by atoms with Gasteiger partial charge in [0.2, 0.25) is 0 Å². The summed E-state index contributed by atoms with van der Waals surface area (Å²) < 4.78 is 47.5. The number of sulfonamides is 1. The SMILES string of the molecule is Cc1ccc(S(=O)(=O)N(CC(=O)N/N=C\c2ccc(OCC(=O)Nc3cccc(Cl)c3)cc2)c2ccccc2F)cc1. The fraction of sp³-hybridized carbons (Fsp3) is 0.100. The maximum atomic E-state index is 14.6. The van der Waals surface area contributed by atoms with Crippen molar-refractivity contribution in [3.8, 4) is 5.75 Å². The minimum atomic E-state index is -4.27. The number of carbonyl (C=O) groups excluding carboxylic acids is 2. The average Bonchev–Trinajstić information content (AvgIpc) is 2.96. The highest BCUT2D eigenvalue weighted by molar-refractivity contribution is 7.92. The molecule has 0 aliphatic carbocycles. The van der Waals surface area contributed by atoms with E-state index in [1.54, 1.807) is 67.6 Å². The molecule has 12 heteroatoms. The molecule has 0 saturated heterocycles. The van der Waals surface area contributed by atoms with Crippen LogP contribution in [0.2, 0.25) is 5.02 Å². The molecular weight excluding hydrogens is 583 g/mol. The van der Waals surface area contributed by atoms with Crippen LogP contribution in [-0.4, -0.2) is 39.6 Å². The van der Waals surface area contributed by atoms with Crippen molar-refractivity contribution in [1.82, 2.24) is 5.43 Å². The van der Waals surface area contributed by atoms with Crippen molar-refractivity contribution in [2.24, 2.45) is 5.10 Å². The Morgan fingerprint density at radius 1 is 0.952 bits per heavy atom. The van der Waals surface area contributed by atoms with Gasteiger partial charge in [0.1, 0.15) is 18.1 Å². The summed E-state index contributed by atoms with van der Waals surface area (Å²) in [6.07, 6.45) is 1.34. The predicted molar refractivity (Wildman–Crippen MR) is 160 cm³/mol. The Kier molecular flexibility index (Phi) is 9.89. The number of hydrogen-bond donors (Lipinski definition) is 2. The number of ether oxygens (including phenoxy) is 1. The van der Waals surface area contributed by atoms with E-state index >= 15 is 0 Å². The van der Waals surface area contributed by atoms with Crippen LogP contribution in [0.1, 0.15) is 11.1 Å². The van der Waals surface area contributed by atoms with Crippen LogP contribution in [0, 0.1) is 12.7 Å². The summed E-state index contributed by atoms with van der Waals surface area (Å²) in [5.74, 6) is -1.51. The van der Waals surface area contributed by atoms with Crippen LogP contribution in [-0.2, 0) is 19.6 Å². The van der Waals surface area contributed by atoms with E-state index in [0.29, 0.717) is 26.3 Å². The molecule has 0 aromatic heterocycles. The quantitative estimate of drug-likeness (QED) is 0.180. The molecule has 4 aromatic carbocycles. The van der Waals surface area contributed by atoms with Gasteiger partial charge in [-0.25, -0.2) is 18.2 Å². The zero-order valence-electron chi connectivity index (χ0n) is 22.3. The summed E-state index contributed by atoms with van der Waals surface area (Å²) in [6.45, 7) is 0.873. The van der Waals surface area contributed by atoms with E-state index in [4.69, 9.17) is 16.3 Å². The van der Waals surface area contributed by atoms with Crippen LogP contribution < -0.4 is 19.8 Å². The first-order chi connectivity index (χ1) is 20.1. The molecule has 9 nitrogen and oxygen atoms in total. The molecule has 2 N–H and O–H groups in total. The Bertz CT molecular complexity index is 1700. The van der Waals surface area contributed by atoms with Crippen LogP contribution in [0.15, 0.2) is 107 Å². The Morgan fingerprint density at radius 3 is 2.36 bits per heavy atom. The average molecular weight is 609 g/mol. The van der Waals surface area contributed by atoms with E-state index < -0.39 is 28.3 Å². The minimum Gasteiger partial charge on any atom is -0.484 e. The van der Waals surface area contributed by atoms with Crippen LogP contribution >= 0.6 is 11.6 Å². The standard InChI is InChI=1S/C30H26ClFN4O5S/c1-21-9-15-26(16-10-21)42(39,40)36(28-8-3-2-7-27(28)32)19-29(37)35-33-18-22-11-13-25(14-12-22)41-20-30(38)34-24-6-4-5-23(31)17-24/h2-18H,19-20H2,1H3,(H,34,38)(H,35,37)/b33-18-. The van der Waals surface area contributed by atoms with E-state index in [-0.39, 0.29) is 23.1 Å². The summed E-state index contributed by atoms with van der Waals surface area (Å²) in [5, 5.41) is 7.06. The van der Waals surface area contributed by atoms with Crippen molar-refractivity contribution < 1.29 is 27.1 Å². The van der Waals surface area contributed by atoms with Crippen LogP contribution in [0.3, 0.4) is 0 Å². The number of aryl methyl sites for hydroxylation is 1. The lowest BCUT2D eigenvalue weighted by atomic mass is 10.2. The molecule has 4 aromatic rings. The lowest BCUT2D eigenvalue weighted by molar-refractivity contribution is -0.119. The smallest absolute Gasteiger partial charge is 0.264 e. The lowest BCUT2D eigenvalue weighted by Gasteiger charge is -2.24. The van der Waals surface area contributed by atoms with Gasteiger partial charge in [0.25, 0.3) is 21.8 Å². The molecule has 0 atom stereocenters. The molecule has 2 amide bonds. The first-order valence-electron chi connectivity index (χ1n) is 12.6. The molecule has 0 fully saturated rings. The fourth-order valence-electron chi connectivity index (χ4n) is 3.70. The van der Waals surface area contributed by atoms with Crippen molar-refractivity contribution in [3.63, 3.8) is 0 Å². The number of hydrazone groups is 1. The van der Waals surface area contributed by atoms with Crippen molar-refractivity contribution in [2.75, 3.05) is 22.8 Å². The fourth-order valence-corrected chi connectivity index (χ4v) is 5.32. The molecule has 0 saturated carbocycles.